The van der Waals surface area contributed by atoms with E-state index in [2.05, 4.69) is 47.7 Å². The number of hydrogen-bond acceptors (Lipinski definition) is 4. The minimum Gasteiger partial charge on any atom is -0.488 e. The van der Waals surface area contributed by atoms with Crippen molar-refractivity contribution >= 4 is 78.8 Å². The summed E-state index contributed by atoms with van der Waals surface area (Å²) in [6.07, 6.45) is 1.44. The zero-order chi connectivity index (χ0) is 24.7. The van der Waals surface area contributed by atoms with E-state index in [0.29, 0.717) is 27.0 Å². The molecule has 3 aromatic carbocycles. The summed E-state index contributed by atoms with van der Waals surface area (Å²) >= 11 is 18.9. The van der Waals surface area contributed by atoms with Crippen LogP contribution in [-0.4, -0.2) is 18.0 Å². The summed E-state index contributed by atoms with van der Waals surface area (Å²) in [6.45, 7) is 1.72. The van der Waals surface area contributed by atoms with Gasteiger partial charge in [-0.1, -0.05) is 57.3 Å². The van der Waals surface area contributed by atoms with Crippen molar-refractivity contribution in [2.24, 2.45) is 11.0 Å². The molecule has 176 valence electrons. The van der Waals surface area contributed by atoms with Crippen molar-refractivity contribution in [2.45, 2.75) is 13.5 Å². The second-order valence-corrected chi connectivity index (χ2v) is 9.75. The molecule has 0 fully saturated rings. The van der Waals surface area contributed by atoms with Crippen molar-refractivity contribution < 1.29 is 14.3 Å². The predicted molar refractivity (Wildman–Crippen MR) is 143 cm³/mol. The van der Waals surface area contributed by atoms with Crippen molar-refractivity contribution in [3.8, 4) is 5.75 Å². The fourth-order valence-electron chi connectivity index (χ4n) is 2.73. The summed E-state index contributed by atoms with van der Waals surface area (Å²) in [5, 5.41) is 7.75. The van der Waals surface area contributed by atoms with Crippen LogP contribution in [0.2, 0.25) is 10.0 Å². The highest BCUT2D eigenvalue weighted by atomic mass is 79.9. The lowest BCUT2D eigenvalue weighted by atomic mass is 10.1. The molecule has 0 spiro atoms. The molecular weight excluding hydrogens is 609 g/mol. The van der Waals surface area contributed by atoms with Crippen molar-refractivity contribution in [1.82, 2.24) is 5.43 Å². The summed E-state index contributed by atoms with van der Waals surface area (Å²) in [5.74, 6) is -1.43. The fourth-order valence-corrected chi connectivity index (χ4v) is 3.96. The summed E-state index contributed by atoms with van der Waals surface area (Å²) in [5.41, 5.74) is 4.36. The molecule has 34 heavy (non-hydrogen) atoms. The van der Waals surface area contributed by atoms with Gasteiger partial charge in [0.2, 0.25) is 5.91 Å². The van der Waals surface area contributed by atoms with Gasteiger partial charge in [-0.25, -0.2) is 5.43 Å². The number of nitrogens with one attached hydrogen (secondary N) is 2. The molecule has 0 aliphatic heterocycles. The van der Waals surface area contributed by atoms with E-state index in [0.717, 1.165) is 14.5 Å². The lowest BCUT2D eigenvalue weighted by Crippen LogP contribution is -2.34. The number of benzene rings is 3. The van der Waals surface area contributed by atoms with Gasteiger partial charge >= 0.3 is 0 Å². The van der Waals surface area contributed by atoms with Crippen LogP contribution in [0.25, 0.3) is 0 Å². The standard InChI is InChI=1S/C24H19Br2Cl2N3O3/c1-14(23(32)30-21-5-3-2-4-19(21)26)24(33)31-29-12-16-10-17(25)7-9-22(16)34-13-15-6-8-18(27)11-20(15)28/h2-12,14H,13H2,1H3,(H,30,32)(H,31,33). The lowest BCUT2D eigenvalue weighted by molar-refractivity contribution is -0.131. The quantitative estimate of drug-likeness (QED) is 0.163. The second-order valence-electron chi connectivity index (χ2n) is 7.13. The molecule has 1 atom stereocenters. The van der Waals surface area contributed by atoms with E-state index in [1.807, 2.05) is 12.1 Å². The Morgan fingerprint density at radius 1 is 1.06 bits per heavy atom. The third kappa shape index (κ3) is 7.30. The number of anilines is 1. The third-order valence-corrected chi connectivity index (χ3v) is 6.44. The van der Waals surface area contributed by atoms with Gasteiger partial charge in [0, 0.05) is 30.1 Å². The molecule has 2 amide bonds. The van der Waals surface area contributed by atoms with Gasteiger partial charge in [-0.2, -0.15) is 5.10 Å². The first-order chi connectivity index (χ1) is 16.2. The summed E-state index contributed by atoms with van der Waals surface area (Å²) < 4.78 is 7.42. The lowest BCUT2D eigenvalue weighted by Gasteiger charge is -2.12. The molecule has 0 saturated carbocycles. The minimum absolute atomic E-state index is 0.219. The van der Waals surface area contributed by atoms with Gasteiger partial charge in [-0.15, -0.1) is 0 Å². The Hall–Kier alpha value is -2.39. The van der Waals surface area contributed by atoms with Gasteiger partial charge < -0.3 is 10.1 Å². The monoisotopic (exact) mass is 625 g/mol. The Morgan fingerprint density at radius 2 is 1.82 bits per heavy atom. The van der Waals surface area contributed by atoms with E-state index in [1.54, 1.807) is 48.5 Å². The number of halogens is 4. The van der Waals surface area contributed by atoms with E-state index in [9.17, 15) is 9.59 Å². The molecule has 0 saturated heterocycles. The van der Waals surface area contributed by atoms with Gasteiger partial charge in [0.25, 0.3) is 5.91 Å². The van der Waals surface area contributed by atoms with Crippen molar-refractivity contribution in [2.75, 3.05) is 5.32 Å². The van der Waals surface area contributed by atoms with Crippen LogP contribution in [0.3, 0.4) is 0 Å². The average Bonchev–Trinajstić information content (AvgIpc) is 2.80. The molecule has 0 aromatic heterocycles. The normalized spacial score (nSPS) is 11.8. The SMILES string of the molecule is CC(C(=O)NN=Cc1cc(Br)ccc1OCc1ccc(Cl)cc1Cl)C(=O)Nc1ccccc1Br. The van der Waals surface area contributed by atoms with Crippen LogP contribution in [-0.2, 0) is 16.2 Å². The van der Waals surface area contributed by atoms with Crippen molar-refractivity contribution in [3.05, 3.63) is 90.8 Å². The number of nitrogens with zero attached hydrogens (tertiary/aromatic N) is 1. The van der Waals surface area contributed by atoms with E-state index >= 15 is 0 Å². The molecule has 0 bridgehead atoms. The Bertz CT molecular complexity index is 1240. The van der Waals surface area contributed by atoms with E-state index in [1.165, 1.54) is 13.1 Å². The first kappa shape index (κ1) is 26.2. The minimum atomic E-state index is -0.963. The Balaban J connectivity index is 1.63. The fraction of sp³-hybridized carbons (Fsp3) is 0.125. The van der Waals surface area contributed by atoms with Crippen LogP contribution in [0.1, 0.15) is 18.1 Å². The predicted octanol–water partition coefficient (Wildman–Crippen LogP) is 6.82. The smallest absolute Gasteiger partial charge is 0.252 e. The molecular formula is C24H19Br2Cl2N3O3. The first-order valence-corrected chi connectivity index (χ1v) is 12.3. The maximum Gasteiger partial charge on any atom is 0.252 e. The van der Waals surface area contributed by atoms with Gasteiger partial charge in [-0.05, 0) is 65.3 Å². The highest BCUT2D eigenvalue weighted by Crippen LogP contribution is 2.26. The number of carbonyl (C=O) groups is 2. The molecule has 3 rings (SSSR count). The highest BCUT2D eigenvalue weighted by Gasteiger charge is 2.21. The maximum atomic E-state index is 12.4. The number of hydrogen-bond donors (Lipinski definition) is 2. The van der Waals surface area contributed by atoms with E-state index < -0.39 is 17.7 Å². The molecule has 0 aliphatic rings. The Labute approximate surface area is 223 Å². The van der Waals surface area contributed by atoms with Crippen molar-refractivity contribution in [1.29, 1.82) is 0 Å². The van der Waals surface area contributed by atoms with Gasteiger partial charge in [-0.3, -0.25) is 9.59 Å². The molecule has 1 unspecified atom stereocenters. The van der Waals surface area contributed by atoms with E-state index in [-0.39, 0.29) is 6.61 Å². The summed E-state index contributed by atoms with van der Waals surface area (Å²) in [4.78, 5) is 24.8. The summed E-state index contributed by atoms with van der Waals surface area (Å²) in [6, 6.07) is 17.7. The van der Waals surface area contributed by atoms with Crippen LogP contribution in [0, 0.1) is 5.92 Å². The maximum absolute atomic E-state index is 12.4. The van der Waals surface area contributed by atoms with Gasteiger partial charge in [0.15, 0.2) is 0 Å². The van der Waals surface area contributed by atoms with E-state index in [4.69, 9.17) is 27.9 Å². The van der Waals surface area contributed by atoms with Crippen LogP contribution in [0.4, 0.5) is 5.69 Å². The molecule has 10 heteroatoms. The molecule has 0 radical (unpaired) electrons. The second kappa shape index (κ2) is 12.4. The molecule has 0 heterocycles. The molecule has 0 aliphatic carbocycles. The van der Waals surface area contributed by atoms with Crippen LogP contribution >= 0.6 is 55.1 Å². The van der Waals surface area contributed by atoms with Crippen LogP contribution in [0.5, 0.6) is 5.75 Å². The number of ether oxygens (including phenoxy) is 1. The van der Waals surface area contributed by atoms with Crippen LogP contribution in [0.15, 0.2) is 74.7 Å². The average molecular weight is 628 g/mol. The van der Waals surface area contributed by atoms with Crippen molar-refractivity contribution in [3.63, 3.8) is 0 Å². The number of hydrazone groups is 1. The zero-order valence-electron chi connectivity index (χ0n) is 17.8. The summed E-state index contributed by atoms with van der Waals surface area (Å²) in [7, 11) is 0. The largest absolute Gasteiger partial charge is 0.488 e. The zero-order valence-corrected chi connectivity index (χ0v) is 22.5. The molecule has 2 N–H and O–H groups in total. The van der Waals surface area contributed by atoms with Crippen LogP contribution < -0.4 is 15.5 Å². The Morgan fingerprint density at radius 3 is 2.56 bits per heavy atom. The highest BCUT2D eigenvalue weighted by molar-refractivity contribution is 9.10. The first-order valence-electron chi connectivity index (χ1n) is 9.99. The molecule has 3 aromatic rings. The molecule has 6 nitrogen and oxygen atoms in total. The number of carbonyl (C=O) groups excluding carboxylic acids is 2. The number of para-hydroxylation sites is 1. The number of amides is 2. The Kier molecular flexibility index (Phi) is 9.53. The topological polar surface area (TPSA) is 79.8 Å². The van der Waals surface area contributed by atoms with Gasteiger partial charge in [0.05, 0.1) is 11.9 Å². The van der Waals surface area contributed by atoms with Gasteiger partial charge in [0.1, 0.15) is 18.3 Å². The number of rotatable bonds is 8. The third-order valence-electron chi connectivity index (χ3n) is 4.67.